The van der Waals surface area contributed by atoms with Crippen molar-refractivity contribution in [3.63, 3.8) is 0 Å². The minimum Gasteiger partial charge on any atom is -0.763 e. The summed E-state index contributed by atoms with van der Waals surface area (Å²) in [5, 5.41) is 0. The molecule has 0 saturated heterocycles. The second kappa shape index (κ2) is 2.79. The smallest absolute Gasteiger partial charge is 0.763 e. The minimum atomic E-state index is -4.89. The first-order valence-electron chi connectivity index (χ1n) is 0.792. The summed E-state index contributed by atoms with van der Waals surface area (Å²) in [7, 11) is -4.89. The van der Waals surface area contributed by atoms with E-state index in [1.807, 2.05) is 0 Å². The largest absolute Gasteiger partial charge is 1.00 e. The van der Waals surface area contributed by atoms with E-state index in [-0.39, 0.29) is 18.9 Å². The van der Waals surface area contributed by atoms with Crippen molar-refractivity contribution in [2.75, 3.05) is 0 Å². The number of hydrogen-bond acceptors (Lipinski definition) is 2. The van der Waals surface area contributed by atoms with Gasteiger partial charge in [-0.3, -0.25) is 10.1 Å². The molecule has 0 aliphatic heterocycles. The van der Waals surface area contributed by atoms with Crippen molar-refractivity contribution in [1.82, 2.24) is 0 Å². The topological polar surface area (TPSA) is 66.2 Å². The molecule has 0 rings (SSSR count). The van der Waals surface area contributed by atoms with E-state index in [1.54, 1.807) is 0 Å². The Hall–Kier alpha value is 0.677. The Morgan fingerprint density at radius 1 is 1.83 bits per heavy atom. The molecule has 6 heteroatoms. The summed E-state index contributed by atoms with van der Waals surface area (Å²) in [5.41, 5.74) is 3.69. The van der Waals surface area contributed by atoms with Crippen LogP contribution >= 0.6 is 7.83 Å². The molecule has 0 fully saturated rings. The third-order valence-electron chi connectivity index (χ3n) is 0. The number of nitrogens with two attached hydrogens (primary N) is 1. The Balaban J connectivity index is 0. The number of halogens is 1. The molecule has 0 amide bonds. The SMILES string of the molecule is NP(=O)([O-])F.[Li+]. The average Bonchev–Trinajstić information content (AvgIpc) is 0.722. The van der Waals surface area contributed by atoms with Gasteiger partial charge in [-0.1, -0.05) is 0 Å². The van der Waals surface area contributed by atoms with Crippen LogP contribution in [-0.4, -0.2) is 0 Å². The van der Waals surface area contributed by atoms with Gasteiger partial charge in [0.1, 0.15) is 0 Å². The fraction of sp³-hybridized carbons (Fsp3) is 0. The van der Waals surface area contributed by atoms with Crippen LogP contribution in [0.5, 0.6) is 0 Å². The van der Waals surface area contributed by atoms with Gasteiger partial charge in [0, 0.05) is 0 Å². The molecule has 1 atom stereocenters. The molecule has 0 radical (unpaired) electrons. The molecule has 3 nitrogen and oxygen atoms in total. The standard InChI is InChI=1S/FH3NO2P.Li/c1-5(2,3)4;/h(H3,2,3,4);/q;+1/p-1. The van der Waals surface area contributed by atoms with Gasteiger partial charge in [0.25, 0.3) is 0 Å². The third kappa shape index (κ3) is 138. The van der Waals surface area contributed by atoms with E-state index in [4.69, 9.17) is 9.46 Å². The van der Waals surface area contributed by atoms with Gasteiger partial charge in [0.05, 0.1) is 0 Å². The Bertz CT molecular complexity index is 59.7. The molecule has 0 saturated carbocycles. The molecule has 0 aromatic carbocycles. The molecule has 1 unspecified atom stereocenters. The van der Waals surface area contributed by atoms with Gasteiger partial charge in [-0.2, -0.15) is 4.20 Å². The Morgan fingerprint density at radius 3 is 1.83 bits per heavy atom. The summed E-state index contributed by atoms with van der Waals surface area (Å²) in [6.07, 6.45) is 0. The average molecular weight is 105 g/mol. The van der Waals surface area contributed by atoms with Crippen molar-refractivity contribution < 1.29 is 32.5 Å². The first-order chi connectivity index (χ1) is 2.00. The van der Waals surface area contributed by atoms with Crippen LogP contribution in [0.1, 0.15) is 0 Å². The minimum absolute atomic E-state index is 0. The summed E-state index contributed by atoms with van der Waals surface area (Å²) in [6, 6.07) is 0. The molecule has 0 spiro atoms. The van der Waals surface area contributed by atoms with Gasteiger partial charge in [0.2, 0.25) is 7.83 Å². The van der Waals surface area contributed by atoms with E-state index in [0.29, 0.717) is 0 Å². The first-order valence-corrected chi connectivity index (χ1v) is 2.38. The molecule has 32 valence electrons. The van der Waals surface area contributed by atoms with E-state index in [1.165, 1.54) is 0 Å². The zero-order valence-electron chi connectivity index (χ0n) is 3.22. The monoisotopic (exact) mass is 105 g/mol. The van der Waals surface area contributed by atoms with Crippen molar-refractivity contribution in [1.29, 1.82) is 0 Å². The fourth-order valence-electron chi connectivity index (χ4n) is 0. The summed E-state index contributed by atoms with van der Waals surface area (Å²) < 4.78 is 19.2. The quantitative estimate of drug-likeness (QED) is 0.255. The molecule has 6 heavy (non-hydrogen) atoms. The zero-order valence-corrected chi connectivity index (χ0v) is 4.11. The van der Waals surface area contributed by atoms with Crippen LogP contribution in [0.25, 0.3) is 0 Å². The first kappa shape index (κ1) is 9.84. The zero-order chi connectivity index (χ0) is 4.50. The van der Waals surface area contributed by atoms with E-state index >= 15 is 0 Å². The van der Waals surface area contributed by atoms with Crippen LogP contribution in [0.2, 0.25) is 0 Å². The fourth-order valence-corrected chi connectivity index (χ4v) is 0. The summed E-state index contributed by atoms with van der Waals surface area (Å²) in [6.45, 7) is 0. The maximum atomic E-state index is 10.5. The second-order valence-electron chi connectivity index (χ2n) is 0.521. The molecule has 0 heterocycles. The normalized spacial score (nSPS) is 17.8. The van der Waals surface area contributed by atoms with Crippen LogP contribution in [0.15, 0.2) is 0 Å². The van der Waals surface area contributed by atoms with Crippen molar-refractivity contribution >= 4 is 7.83 Å². The Kier molecular flexibility index (Phi) is 4.57. The molecule has 0 aliphatic carbocycles. The van der Waals surface area contributed by atoms with Crippen LogP contribution in [-0.2, 0) is 4.57 Å². The van der Waals surface area contributed by atoms with E-state index in [9.17, 15) is 4.20 Å². The van der Waals surface area contributed by atoms with Crippen LogP contribution in [0.4, 0.5) is 4.20 Å². The van der Waals surface area contributed by atoms with E-state index in [0.717, 1.165) is 0 Å². The van der Waals surface area contributed by atoms with Gasteiger partial charge in [-0.25, -0.2) is 0 Å². The summed E-state index contributed by atoms with van der Waals surface area (Å²) in [4.78, 5) is 8.77. The Morgan fingerprint density at radius 2 is 1.83 bits per heavy atom. The maximum Gasteiger partial charge on any atom is 1.00 e. The van der Waals surface area contributed by atoms with Gasteiger partial charge < -0.3 is 4.89 Å². The van der Waals surface area contributed by atoms with Crippen molar-refractivity contribution in [2.45, 2.75) is 0 Å². The predicted octanol–water partition coefficient (Wildman–Crippen LogP) is -3.61. The van der Waals surface area contributed by atoms with Gasteiger partial charge in [-0.05, 0) is 0 Å². The van der Waals surface area contributed by atoms with Gasteiger partial charge in [-0.15, -0.1) is 0 Å². The Labute approximate surface area is 46.5 Å². The predicted molar refractivity (Wildman–Crippen MR) is 12.9 cm³/mol. The van der Waals surface area contributed by atoms with Crippen LogP contribution in [0.3, 0.4) is 0 Å². The molecule has 0 bridgehead atoms. The van der Waals surface area contributed by atoms with Gasteiger partial charge in [0.15, 0.2) is 0 Å². The van der Waals surface area contributed by atoms with Crippen molar-refractivity contribution in [3.05, 3.63) is 0 Å². The van der Waals surface area contributed by atoms with E-state index < -0.39 is 7.83 Å². The second-order valence-corrected chi connectivity index (χ2v) is 1.56. The number of rotatable bonds is 0. The molecule has 2 N–H and O–H groups in total. The molecular weight excluding hydrogens is 103 g/mol. The van der Waals surface area contributed by atoms with Crippen LogP contribution < -0.4 is 29.3 Å². The number of hydrogen-bond donors (Lipinski definition) is 1. The summed E-state index contributed by atoms with van der Waals surface area (Å²) >= 11 is 0. The maximum absolute atomic E-state index is 10.5. The van der Waals surface area contributed by atoms with Crippen LogP contribution in [0, 0.1) is 0 Å². The van der Waals surface area contributed by atoms with Gasteiger partial charge >= 0.3 is 18.9 Å². The molecular formula is H2FLiNO2P. The van der Waals surface area contributed by atoms with Crippen molar-refractivity contribution in [2.24, 2.45) is 5.50 Å². The third-order valence-corrected chi connectivity index (χ3v) is 0. The van der Waals surface area contributed by atoms with Crippen molar-refractivity contribution in [3.8, 4) is 0 Å². The molecule has 0 aromatic rings. The molecule has 0 aromatic heterocycles. The van der Waals surface area contributed by atoms with E-state index in [2.05, 4.69) is 5.50 Å². The summed E-state index contributed by atoms with van der Waals surface area (Å²) in [5.74, 6) is 0. The molecule has 0 aliphatic rings.